The zero-order chi connectivity index (χ0) is 14.2. The molecule has 0 unspecified atom stereocenters. The van der Waals surface area contributed by atoms with E-state index < -0.39 is 0 Å². The van der Waals surface area contributed by atoms with Gasteiger partial charge in [-0.3, -0.25) is 4.90 Å². The average molecular weight is 297 g/mol. The van der Waals surface area contributed by atoms with Crippen molar-refractivity contribution in [1.29, 1.82) is 0 Å². The van der Waals surface area contributed by atoms with Crippen LogP contribution in [0.3, 0.4) is 0 Å². The normalized spacial score (nSPS) is 22.2. The summed E-state index contributed by atoms with van der Waals surface area (Å²) in [7, 11) is 0. The molecule has 2 saturated carbocycles. The van der Waals surface area contributed by atoms with E-state index in [1.165, 1.54) is 83.6 Å². The topological polar surface area (TPSA) is 29.3 Å². The van der Waals surface area contributed by atoms with Gasteiger partial charge in [0.2, 0.25) is 0 Å². The van der Waals surface area contributed by atoms with Crippen molar-refractivity contribution in [2.45, 2.75) is 95.6 Å². The molecule has 2 aliphatic rings. The van der Waals surface area contributed by atoms with Crippen LogP contribution in [-0.2, 0) is 0 Å². The Labute approximate surface area is 130 Å². The second-order valence-electron chi connectivity index (χ2n) is 6.74. The minimum absolute atomic E-state index is 0.687. The summed E-state index contributed by atoms with van der Waals surface area (Å²) in [4.78, 5) is 3.57. The minimum Gasteiger partial charge on any atom is -0.393 e. The first kappa shape index (κ1) is 16.2. The van der Waals surface area contributed by atoms with Crippen LogP contribution in [0.4, 0.5) is 0 Å². The molecule has 2 N–H and O–H groups in total. The number of hydrogen-bond donors (Lipinski definition) is 1. The molecule has 2 nitrogen and oxygen atoms in total. The van der Waals surface area contributed by atoms with Gasteiger partial charge in [0.15, 0.2) is 0 Å². The van der Waals surface area contributed by atoms with E-state index in [0.717, 1.165) is 18.5 Å². The molecule has 116 valence electrons. The zero-order valence-electron chi connectivity index (χ0n) is 13.0. The molecule has 0 aromatic rings. The second-order valence-corrected chi connectivity index (χ2v) is 7.27. The fourth-order valence-corrected chi connectivity index (χ4v) is 4.23. The van der Waals surface area contributed by atoms with E-state index in [4.69, 9.17) is 18.0 Å². The predicted molar refractivity (Wildman–Crippen MR) is 91.1 cm³/mol. The average Bonchev–Trinajstić information content (AvgIpc) is 2.49. The van der Waals surface area contributed by atoms with Crippen LogP contribution >= 0.6 is 12.2 Å². The van der Waals surface area contributed by atoms with Gasteiger partial charge in [-0.25, -0.2) is 0 Å². The molecule has 0 saturated heterocycles. The standard InChI is InChI=1S/C17H32N2S/c18-17(20)13-7-8-14-19(15-9-3-1-4-10-15)16-11-5-2-6-12-16/h15-16H,1-14H2,(H2,18,20). The number of unbranched alkanes of at least 4 members (excludes halogenated alkanes) is 1. The summed E-state index contributed by atoms with van der Waals surface area (Å²) < 4.78 is 0. The third-order valence-electron chi connectivity index (χ3n) is 5.18. The molecule has 2 rings (SSSR count). The Morgan fingerprint density at radius 1 is 0.850 bits per heavy atom. The van der Waals surface area contributed by atoms with Gasteiger partial charge in [0.1, 0.15) is 0 Å². The summed E-state index contributed by atoms with van der Waals surface area (Å²) in [5.74, 6) is 0. The lowest BCUT2D eigenvalue weighted by Gasteiger charge is -2.41. The highest BCUT2D eigenvalue weighted by molar-refractivity contribution is 7.80. The van der Waals surface area contributed by atoms with E-state index in [2.05, 4.69) is 4.90 Å². The summed E-state index contributed by atoms with van der Waals surface area (Å²) in [6.07, 6.45) is 17.8. The van der Waals surface area contributed by atoms with Crippen molar-refractivity contribution in [1.82, 2.24) is 4.90 Å². The molecule has 3 heteroatoms. The summed E-state index contributed by atoms with van der Waals surface area (Å²) in [6.45, 7) is 1.28. The molecule has 0 aliphatic heterocycles. The highest BCUT2D eigenvalue weighted by atomic mass is 32.1. The summed E-state index contributed by atoms with van der Waals surface area (Å²) in [5, 5.41) is 0. The van der Waals surface area contributed by atoms with E-state index in [1.807, 2.05) is 0 Å². The number of hydrogen-bond acceptors (Lipinski definition) is 2. The lowest BCUT2D eigenvalue weighted by atomic mass is 9.88. The first-order valence-corrected chi connectivity index (χ1v) is 9.22. The molecule has 0 heterocycles. The summed E-state index contributed by atoms with van der Waals surface area (Å²) in [5.41, 5.74) is 5.61. The Kier molecular flexibility index (Phi) is 7.29. The van der Waals surface area contributed by atoms with E-state index in [-0.39, 0.29) is 0 Å². The predicted octanol–water partition coefficient (Wildman–Crippen LogP) is 4.41. The lowest BCUT2D eigenvalue weighted by molar-refractivity contribution is 0.0792. The molecular formula is C17H32N2S. The fraction of sp³-hybridized carbons (Fsp3) is 0.941. The van der Waals surface area contributed by atoms with E-state index in [1.54, 1.807) is 0 Å². The van der Waals surface area contributed by atoms with Crippen LogP contribution in [0.25, 0.3) is 0 Å². The van der Waals surface area contributed by atoms with Crippen LogP contribution in [0.15, 0.2) is 0 Å². The Balaban J connectivity index is 1.83. The van der Waals surface area contributed by atoms with Crippen molar-refractivity contribution in [2.75, 3.05) is 6.54 Å². The van der Waals surface area contributed by atoms with Gasteiger partial charge < -0.3 is 5.73 Å². The lowest BCUT2D eigenvalue weighted by Crippen LogP contribution is -2.45. The zero-order valence-corrected chi connectivity index (χ0v) is 13.8. The monoisotopic (exact) mass is 296 g/mol. The summed E-state index contributed by atoms with van der Waals surface area (Å²) in [6, 6.07) is 1.74. The first-order chi connectivity index (χ1) is 9.77. The van der Waals surface area contributed by atoms with Crippen molar-refractivity contribution in [3.8, 4) is 0 Å². The van der Waals surface area contributed by atoms with Gasteiger partial charge in [0.05, 0.1) is 4.99 Å². The van der Waals surface area contributed by atoms with E-state index in [0.29, 0.717) is 4.99 Å². The van der Waals surface area contributed by atoms with Crippen molar-refractivity contribution >= 4 is 17.2 Å². The molecule has 0 aromatic carbocycles. The molecule has 2 fully saturated rings. The molecule has 0 bridgehead atoms. The van der Waals surface area contributed by atoms with Gasteiger partial charge in [-0.05, 0) is 51.5 Å². The van der Waals surface area contributed by atoms with Gasteiger partial charge in [-0.1, -0.05) is 50.7 Å². The molecule has 0 aromatic heterocycles. The highest BCUT2D eigenvalue weighted by Gasteiger charge is 2.28. The van der Waals surface area contributed by atoms with Gasteiger partial charge >= 0.3 is 0 Å². The van der Waals surface area contributed by atoms with E-state index >= 15 is 0 Å². The van der Waals surface area contributed by atoms with Crippen molar-refractivity contribution in [3.05, 3.63) is 0 Å². The van der Waals surface area contributed by atoms with Crippen molar-refractivity contribution < 1.29 is 0 Å². The molecule has 0 radical (unpaired) electrons. The van der Waals surface area contributed by atoms with Gasteiger partial charge in [-0.15, -0.1) is 0 Å². The van der Waals surface area contributed by atoms with Crippen LogP contribution < -0.4 is 5.73 Å². The van der Waals surface area contributed by atoms with Gasteiger partial charge in [0.25, 0.3) is 0 Å². The van der Waals surface area contributed by atoms with Crippen molar-refractivity contribution in [3.63, 3.8) is 0 Å². The Morgan fingerprint density at radius 2 is 1.35 bits per heavy atom. The maximum Gasteiger partial charge on any atom is 0.0727 e. The van der Waals surface area contributed by atoms with Gasteiger partial charge in [-0.2, -0.15) is 0 Å². The van der Waals surface area contributed by atoms with Crippen molar-refractivity contribution in [2.24, 2.45) is 5.73 Å². The Hall–Kier alpha value is -0.150. The summed E-state index contributed by atoms with van der Waals surface area (Å²) >= 11 is 4.99. The van der Waals surface area contributed by atoms with Crippen LogP contribution in [0, 0.1) is 0 Å². The molecule has 2 aliphatic carbocycles. The number of thiocarbonyl (C=S) groups is 1. The highest BCUT2D eigenvalue weighted by Crippen LogP contribution is 2.30. The maximum absolute atomic E-state index is 5.61. The number of nitrogens with two attached hydrogens (primary N) is 1. The smallest absolute Gasteiger partial charge is 0.0727 e. The third kappa shape index (κ3) is 5.33. The van der Waals surface area contributed by atoms with Gasteiger partial charge in [0, 0.05) is 12.1 Å². The second kappa shape index (κ2) is 8.99. The first-order valence-electron chi connectivity index (χ1n) is 8.81. The Bertz CT molecular complexity index is 263. The van der Waals surface area contributed by atoms with Crippen LogP contribution in [0.5, 0.6) is 0 Å². The largest absolute Gasteiger partial charge is 0.393 e. The minimum atomic E-state index is 0.687. The fourth-order valence-electron chi connectivity index (χ4n) is 4.08. The van der Waals surface area contributed by atoms with Crippen LogP contribution in [-0.4, -0.2) is 28.5 Å². The number of rotatable bonds is 7. The quantitative estimate of drug-likeness (QED) is 0.557. The SMILES string of the molecule is NC(=S)CCCCN(C1CCCCC1)C1CCCCC1. The molecule has 0 amide bonds. The van der Waals surface area contributed by atoms with Crippen LogP contribution in [0.2, 0.25) is 0 Å². The molecular weight excluding hydrogens is 264 g/mol. The maximum atomic E-state index is 5.61. The number of nitrogens with zero attached hydrogens (tertiary/aromatic N) is 1. The molecule has 0 spiro atoms. The van der Waals surface area contributed by atoms with E-state index in [9.17, 15) is 0 Å². The molecule has 0 atom stereocenters. The third-order valence-corrected chi connectivity index (χ3v) is 5.38. The Morgan fingerprint density at radius 3 is 1.80 bits per heavy atom. The van der Waals surface area contributed by atoms with Crippen LogP contribution in [0.1, 0.15) is 83.5 Å². The molecule has 20 heavy (non-hydrogen) atoms.